The van der Waals surface area contributed by atoms with Crippen LogP contribution in [0.5, 0.6) is 0 Å². The number of aliphatic carboxylic acids is 1. The summed E-state index contributed by atoms with van der Waals surface area (Å²) in [6.07, 6.45) is 4.28. The van der Waals surface area contributed by atoms with E-state index in [0.717, 1.165) is 22.5 Å². The van der Waals surface area contributed by atoms with Gasteiger partial charge in [0.1, 0.15) is 11.6 Å². The van der Waals surface area contributed by atoms with Gasteiger partial charge in [0.25, 0.3) is 0 Å². The van der Waals surface area contributed by atoms with E-state index >= 15 is 0 Å². The lowest BCUT2D eigenvalue weighted by molar-refractivity contribution is -0.132. The topological polar surface area (TPSA) is 66.0 Å². The monoisotopic (exact) mass is 422 g/mol. The predicted octanol–water partition coefficient (Wildman–Crippen LogP) is 6.38. The number of hydrogen-bond acceptors (Lipinski definition) is 3. The highest BCUT2D eigenvalue weighted by molar-refractivity contribution is 8.03. The summed E-state index contributed by atoms with van der Waals surface area (Å²) < 4.78 is 2.29. The standard InChI is InChI=1S/C26H18N2O2S/c27-16-18(26(29)30)14-20-11-13-25(31-20)17-10-12-24-22(15-17)21-8-4-5-9-23(21)28(24)19-6-2-1-3-7-19/h1-12,14-15,25H,13H2,(H,29,30)/b18-14+. The number of nitriles is 1. The minimum Gasteiger partial charge on any atom is -0.477 e. The van der Waals surface area contributed by atoms with Crippen LogP contribution in [0, 0.1) is 11.3 Å². The highest BCUT2D eigenvalue weighted by atomic mass is 32.2. The van der Waals surface area contributed by atoms with E-state index in [2.05, 4.69) is 59.2 Å². The maximum Gasteiger partial charge on any atom is 0.346 e. The van der Waals surface area contributed by atoms with Crippen molar-refractivity contribution in [2.75, 3.05) is 0 Å². The molecule has 0 aliphatic carbocycles. The Morgan fingerprint density at radius 1 is 1.03 bits per heavy atom. The zero-order valence-electron chi connectivity index (χ0n) is 16.5. The number of thioether (sulfide) groups is 1. The van der Waals surface area contributed by atoms with Crippen molar-refractivity contribution in [3.05, 3.63) is 101 Å². The molecular formula is C26H18N2O2S. The molecule has 150 valence electrons. The number of carboxylic acids is 1. The lowest BCUT2D eigenvalue weighted by atomic mass is 10.0. The van der Waals surface area contributed by atoms with Crippen LogP contribution in [0.25, 0.3) is 27.5 Å². The molecule has 2 heterocycles. The molecule has 1 aromatic heterocycles. The van der Waals surface area contributed by atoms with Crippen LogP contribution < -0.4 is 0 Å². The Bertz CT molecular complexity index is 1420. The van der Waals surface area contributed by atoms with Crippen LogP contribution in [0.1, 0.15) is 17.2 Å². The van der Waals surface area contributed by atoms with Crippen molar-refractivity contribution in [3.8, 4) is 11.8 Å². The van der Waals surface area contributed by atoms with Gasteiger partial charge in [-0.05, 0) is 48.4 Å². The molecule has 3 aromatic carbocycles. The third-order valence-corrected chi connectivity index (χ3v) is 6.84. The van der Waals surface area contributed by atoms with Crippen LogP contribution in [0.2, 0.25) is 0 Å². The molecule has 1 N–H and O–H groups in total. The number of carboxylic acid groups (broad SMARTS) is 1. The first-order chi connectivity index (χ1) is 15.2. The van der Waals surface area contributed by atoms with E-state index in [0.29, 0.717) is 0 Å². The summed E-state index contributed by atoms with van der Waals surface area (Å²) in [7, 11) is 0. The van der Waals surface area contributed by atoms with E-state index in [1.54, 1.807) is 17.8 Å². The van der Waals surface area contributed by atoms with Gasteiger partial charge in [-0.15, -0.1) is 11.8 Å². The molecule has 0 saturated carbocycles. The van der Waals surface area contributed by atoms with Crippen molar-refractivity contribution in [2.45, 2.75) is 11.7 Å². The van der Waals surface area contributed by atoms with Crippen molar-refractivity contribution in [1.82, 2.24) is 4.57 Å². The van der Waals surface area contributed by atoms with Gasteiger partial charge in [-0.25, -0.2) is 4.79 Å². The molecule has 1 aliphatic rings. The number of benzene rings is 3. The Balaban J connectivity index is 1.56. The van der Waals surface area contributed by atoms with Crippen LogP contribution in [-0.4, -0.2) is 15.6 Å². The average Bonchev–Trinajstić information content (AvgIpc) is 3.40. The van der Waals surface area contributed by atoms with Gasteiger partial charge >= 0.3 is 5.97 Å². The number of nitrogens with zero attached hydrogens (tertiary/aromatic N) is 2. The van der Waals surface area contributed by atoms with Gasteiger partial charge < -0.3 is 9.67 Å². The molecule has 1 atom stereocenters. The number of hydrogen-bond donors (Lipinski definition) is 1. The number of aromatic nitrogens is 1. The maximum atomic E-state index is 11.1. The van der Waals surface area contributed by atoms with Crippen LogP contribution in [0.3, 0.4) is 0 Å². The first-order valence-corrected chi connectivity index (χ1v) is 10.8. The van der Waals surface area contributed by atoms with Crippen LogP contribution in [0.15, 0.2) is 95.4 Å². The molecule has 0 radical (unpaired) electrons. The molecule has 5 heteroatoms. The molecule has 1 aliphatic heterocycles. The first-order valence-electron chi connectivity index (χ1n) is 9.96. The van der Waals surface area contributed by atoms with Crippen molar-refractivity contribution >= 4 is 39.5 Å². The Labute approximate surface area is 183 Å². The van der Waals surface area contributed by atoms with Crippen molar-refractivity contribution in [2.24, 2.45) is 0 Å². The summed E-state index contributed by atoms with van der Waals surface area (Å²) in [5.74, 6) is -1.19. The molecule has 0 fully saturated rings. The second-order valence-corrected chi connectivity index (χ2v) is 8.66. The minimum absolute atomic E-state index is 0.197. The zero-order chi connectivity index (χ0) is 21.4. The average molecular weight is 423 g/mol. The lowest BCUT2D eigenvalue weighted by Gasteiger charge is -2.11. The third-order valence-electron chi connectivity index (χ3n) is 5.53. The van der Waals surface area contributed by atoms with Crippen LogP contribution in [0.4, 0.5) is 0 Å². The Hall–Kier alpha value is -3.75. The van der Waals surface area contributed by atoms with Gasteiger partial charge in [0.15, 0.2) is 0 Å². The molecule has 0 saturated heterocycles. The highest BCUT2D eigenvalue weighted by Crippen LogP contribution is 2.45. The van der Waals surface area contributed by atoms with Gasteiger partial charge in [0.05, 0.1) is 11.0 Å². The van der Waals surface area contributed by atoms with Gasteiger partial charge in [0.2, 0.25) is 0 Å². The van der Waals surface area contributed by atoms with E-state index in [4.69, 9.17) is 10.4 Å². The molecule has 1 unspecified atom stereocenters. The van der Waals surface area contributed by atoms with E-state index in [1.165, 1.54) is 27.9 Å². The van der Waals surface area contributed by atoms with Crippen molar-refractivity contribution in [1.29, 1.82) is 5.26 Å². The minimum atomic E-state index is -1.19. The normalized spacial score (nSPS) is 16.4. The van der Waals surface area contributed by atoms with E-state index in [1.807, 2.05) is 24.3 Å². The zero-order valence-corrected chi connectivity index (χ0v) is 17.3. The predicted molar refractivity (Wildman–Crippen MR) is 125 cm³/mol. The number of carbonyl (C=O) groups is 1. The fraction of sp³-hybridized carbons (Fsp3) is 0.0769. The fourth-order valence-electron chi connectivity index (χ4n) is 4.11. The maximum absolute atomic E-state index is 11.1. The molecule has 0 amide bonds. The van der Waals surface area contributed by atoms with Crippen molar-refractivity contribution < 1.29 is 9.90 Å². The lowest BCUT2D eigenvalue weighted by Crippen LogP contribution is -1.97. The molecule has 0 bridgehead atoms. The Morgan fingerprint density at radius 3 is 2.55 bits per heavy atom. The molecule has 4 aromatic rings. The first kappa shape index (κ1) is 19.2. The molecule has 31 heavy (non-hydrogen) atoms. The second-order valence-electron chi connectivity index (χ2n) is 7.39. The van der Waals surface area contributed by atoms with E-state index in [9.17, 15) is 4.79 Å². The largest absolute Gasteiger partial charge is 0.477 e. The number of fused-ring (bicyclic) bond motifs is 3. The summed E-state index contributed by atoms with van der Waals surface area (Å²) in [5, 5.41) is 20.7. The molecular weight excluding hydrogens is 404 g/mol. The molecule has 0 spiro atoms. The SMILES string of the molecule is N#C/C(=C\C1=CCC(c2ccc3c(c2)c2ccccc2n3-c2ccccc2)S1)C(=O)O. The Morgan fingerprint density at radius 2 is 1.77 bits per heavy atom. The number of allylic oxidation sites excluding steroid dienone is 2. The van der Waals surface area contributed by atoms with Gasteiger partial charge in [-0.3, -0.25) is 0 Å². The third kappa shape index (κ3) is 3.41. The smallest absolute Gasteiger partial charge is 0.346 e. The molecule has 5 rings (SSSR count). The van der Waals surface area contributed by atoms with Crippen LogP contribution in [-0.2, 0) is 4.79 Å². The Kier molecular flexibility index (Phi) is 4.85. The quantitative estimate of drug-likeness (QED) is 0.306. The van der Waals surface area contributed by atoms with E-state index in [-0.39, 0.29) is 10.8 Å². The second kappa shape index (κ2) is 7.82. The van der Waals surface area contributed by atoms with E-state index < -0.39 is 5.97 Å². The molecule has 4 nitrogen and oxygen atoms in total. The van der Waals surface area contributed by atoms with Gasteiger partial charge in [0, 0.05) is 26.6 Å². The van der Waals surface area contributed by atoms with Crippen molar-refractivity contribution in [3.63, 3.8) is 0 Å². The summed E-state index contributed by atoms with van der Waals surface area (Å²) in [5.41, 5.74) is 4.41. The number of rotatable bonds is 4. The summed E-state index contributed by atoms with van der Waals surface area (Å²) >= 11 is 1.61. The highest BCUT2D eigenvalue weighted by Gasteiger charge is 2.21. The summed E-state index contributed by atoms with van der Waals surface area (Å²) in [6.45, 7) is 0. The number of para-hydroxylation sites is 2. The van der Waals surface area contributed by atoms with Crippen LogP contribution >= 0.6 is 11.8 Å². The van der Waals surface area contributed by atoms with Gasteiger partial charge in [-0.2, -0.15) is 5.26 Å². The van der Waals surface area contributed by atoms with Gasteiger partial charge in [-0.1, -0.05) is 48.5 Å². The summed E-state index contributed by atoms with van der Waals surface area (Å²) in [6, 6.07) is 27.1. The fourth-order valence-corrected chi connectivity index (χ4v) is 5.29. The summed E-state index contributed by atoms with van der Waals surface area (Å²) in [4.78, 5) is 12.0.